The van der Waals surface area contributed by atoms with Crippen molar-refractivity contribution in [1.29, 1.82) is 0 Å². The van der Waals surface area contributed by atoms with Gasteiger partial charge in [0.1, 0.15) is 18.7 Å². The van der Waals surface area contributed by atoms with Gasteiger partial charge in [-0.2, -0.15) is 0 Å². The van der Waals surface area contributed by atoms with E-state index < -0.39 is 48.0 Å². The van der Waals surface area contributed by atoms with Crippen LogP contribution in [0.4, 0.5) is 0 Å². The van der Waals surface area contributed by atoms with Crippen molar-refractivity contribution in [3.05, 3.63) is 72.9 Å². The fourth-order valence-corrected chi connectivity index (χ4v) is 7.07. The van der Waals surface area contributed by atoms with Crippen molar-refractivity contribution in [2.45, 2.75) is 101 Å². The summed E-state index contributed by atoms with van der Waals surface area (Å²) in [7, 11) is 8.59. The van der Waals surface area contributed by atoms with E-state index in [0.717, 1.165) is 38.5 Å². The molecule has 0 saturated heterocycles. The van der Waals surface area contributed by atoms with Gasteiger partial charge in [0.15, 0.2) is 0 Å². The van der Waals surface area contributed by atoms with E-state index in [1.165, 1.54) is 21.6 Å². The lowest BCUT2D eigenvalue weighted by Gasteiger charge is -2.34. The van der Waals surface area contributed by atoms with Crippen LogP contribution in [0.1, 0.15) is 78.6 Å². The van der Waals surface area contributed by atoms with Crippen molar-refractivity contribution in [3.8, 4) is 0 Å². The van der Waals surface area contributed by atoms with Crippen LogP contribution in [0.25, 0.3) is 0 Å². The lowest BCUT2D eigenvalue weighted by Crippen LogP contribution is -2.59. The molecule has 0 radical (unpaired) electrons. The first-order chi connectivity index (χ1) is 24.3. The van der Waals surface area contributed by atoms with Crippen molar-refractivity contribution < 1.29 is 34.2 Å². The van der Waals surface area contributed by atoms with Gasteiger partial charge in [0.05, 0.1) is 46.8 Å². The molecule has 0 aliphatic rings. The van der Waals surface area contributed by atoms with E-state index in [0.29, 0.717) is 36.2 Å². The Morgan fingerprint density at radius 2 is 1.24 bits per heavy atom. The van der Waals surface area contributed by atoms with Crippen LogP contribution < -0.4 is 16.0 Å². The predicted octanol–water partition coefficient (Wildman–Crippen LogP) is 5.15. The predicted molar refractivity (Wildman–Crippen MR) is 216 cm³/mol. The maximum absolute atomic E-state index is 13.1. The minimum Gasteiger partial charge on any atom is -0.394 e. The third-order valence-corrected chi connectivity index (χ3v) is 10.4. The molecule has 2 atom stereocenters. The number of quaternary nitrogens is 1. The standard InChI is InChI=1S/C39H66N4O6S2/c1-7-8-9-10-11-12-13-14-15-16-17-18-19-20-21-22-23-24-25-26-35(47)40-27-28-50-51-39(2,3)37(38(49)41-33(31-44)32-45)42-36(48)29-34(46)30-43(4,5)6/h8-9,11-12,14-15,17-18,20-21,23-24,33-34,37,44-46H,7,10,13,16,19,22,25-32H2,1-6H3,(H2-,40,41,42,47,48,49)/p+1/b9-8-,12-11-,15-14-,18-17-,21-20-,24-23-/t34?,37-/m1/s1. The monoisotopic (exact) mass is 751 g/mol. The molecule has 10 nitrogen and oxygen atoms in total. The Bertz CT molecular complexity index is 1140. The highest BCUT2D eigenvalue weighted by molar-refractivity contribution is 8.77. The SMILES string of the molecule is CC/C=C\C/C=C\C/C=C\C/C=C\C/C=C\C/C=C\CCC(=O)NCCSSC(C)(C)[C@H](NC(=O)CC(O)C[N+](C)(C)C)C(=O)NC(CO)CO. The average molecular weight is 752 g/mol. The van der Waals surface area contributed by atoms with Crippen LogP contribution in [0.15, 0.2) is 72.9 Å². The molecule has 0 fully saturated rings. The van der Waals surface area contributed by atoms with Gasteiger partial charge in [-0.25, -0.2) is 0 Å². The molecule has 1 unspecified atom stereocenters. The van der Waals surface area contributed by atoms with Crippen LogP contribution in [-0.4, -0.2) is 114 Å². The fourth-order valence-electron chi connectivity index (χ4n) is 4.54. The number of aliphatic hydroxyl groups is 3. The first-order valence-electron chi connectivity index (χ1n) is 18.0. The quantitative estimate of drug-likeness (QED) is 0.0266. The van der Waals surface area contributed by atoms with Crippen LogP contribution >= 0.6 is 21.6 Å². The zero-order valence-electron chi connectivity index (χ0n) is 31.9. The minimum atomic E-state index is -1.00. The average Bonchev–Trinajstić information content (AvgIpc) is 3.05. The summed E-state index contributed by atoms with van der Waals surface area (Å²) in [4.78, 5) is 38.2. The molecular weight excluding hydrogens is 685 g/mol. The van der Waals surface area contributed by atoms with Gasteiger partial charge in [-0.3, -0.25) is 14.4 Å². The van der Waals surface area contributed by atoms with E-state index in [-0.39, 0.29) is 12.3 Å². The summed E-state index contributed by atoms with van der Waals surface area (Å²) in [6.45, 7) is 5.68. The lowest BCUT2D eigenvalue weighted by molar-refractivity contribution is -0.873. The van der Waals surface area contributed by atoms with Gasteiger partial charge in [0.25, 0.3) is 0 Å². The number of nitrogens with zero attached hydrogens (tertiary/aromatic N) is 1. The van der Waals surface area contributed by atoms with Gasteiger partial charge in [-0.15, -0.1) is 0 Å². The molecule has 0 aromatic rings. The summed E-state index contributed by atoms with van der Waals surface area (Å²) in [6, 6.07) is -1.87. The van der Waals surface area contributed by atoms with Gasteiger partial charge >= 0.3 is 0 Å². The van der Waals surface area contributed by atoms with Gasteiger partial charge in [-0.05, 0) is 58.8 Å². The third kappa shape index (κ3) is 28.6. The van der Waals surface area contributed by atoms with E-state index in [1.807, 2.05) is 41.1 Å². The highest BCUT2D eigenvalue weighted by atomic mass is 33.1. The van der Waals surface area contributed by atoms with Crippen LogP contribution in [0, 0.1) is 0 Å². The number of hydrogen-bond acceptors (Lipinski definition) is 8. The summed E-state index contributed by atoms with van der Waals surface area (Å²) >= 11 is 0. The van der Waals surface area contributed by atoms with Gasteiger partial charge < -0.3 is 35.8 Å². The molecule has 3 amide bonds. The Kier molecular flexibility index (Phi) is 28.4. The van der Waals surface area contributed by atoms with Crippen LogP contribution in [-0.2, 0) is 14.4 Å². The second kappa shape index (κ2) is 29.9. The van der Waals surface area contributed by atoms with E-state index >= 15 is 0 Å². The molecule has 290 valence electrons. The topological polar surface area (TPSA) is 148 Å². The van der Waals surface area contributed by atoms with E-state index in [1.54, 1.807) is 0 Å². The number of nitrogens with one attached hydrogen (secondary N) is 3. The Labute approximate surface area is 316 Å². The Balaban J connectivity index is 4.46. The summed E-state index contributed by atoms with van der Waals surface area (Å²) < 4.78 is -0.324. The molecule has 51 heavy (non-hydrogen) atoms. The molecule has 0 aromatic carbocycles. The summed E-state index contributed by atoms with van der Waals surface area (Å²) in [5.74, 6) is -0.465. The van der Waals surface area contributed by atoms with E-state index in [9.17, 15) is 29.7 Å². The maximum Gasteiger partial charge on any atom is 0.244 e. The summed E-state index contributed by atoms with van der Waals surface area (Å²) in [5.41, 5.74) is 0. The van der Waals surface area contributed by atoms with Crippen LogP contribution in [0.2, 0.25) is 0 Å². The highest BCUT2D eigenvalue weighted by Crippen LogP contribution is 2.38. The second-order valence-corrected chi connectivity index (χ2v) is 16.8. The molecular formula is C39H67N4O6S2+. The molecule has 6 N–H and O–H groups in total. The van der Waals surface area contributed by atoms with Gasteiger partial charge in [-0.1, -0.05) is 101 Å². The molecule has 12 heteroatoms. The molecule has 0 saturated carbocycles. The number of carbonyl (C=O) groups is 3. The zero-order chi connectivity index (χ0) is 38.4. The summed E-state index contributed by atoms with van der Waals surface area (Å²) in [6.07, 6.45) is 31.6. The summed E-state index contributed by atoms with van der Waals surface area (Å²) in [5, 5.41) is 37.5. The highest BCUT2D eigenvalue weighted by Gasteiger charge is 2.38. The van der Waals surface area contributed by atoms with E-state index in [4.69, 9.17) is 0 Å². The third-order valence-electron chi connectivity index (χ3n) is 7.15. The Morgan fingerprint density at radius 3 is 1.71 bits per heavy atom. The minimum absolute atomic E-state index is 0.0320. The normalized spacial score (nSPS) is 14.2. The Hall–Kier alpha value is -2.61. The number of likely N-dealkylation sites (N-methyl/N-ethyl adjacent to an activating group) is 1. The molecule has 0 rings (SSSR count). The number of rotatable bonds is 29. The molecule has 0 spiro atoms. The molecule has 0 aliphatic heterocycles. The van der Waals surface area contributed by atoms with Crippen molar-refractivity contribution in [3.63, 3.8) is 0 Å². The zero-order valence-corrected chi connectivity index (χ0v) is 33.5. The van der Waals surface area contributed by atoms with Gasteiger partial charge in [0, 0.05) is 23.5 Å². The molecule has 0 aliphatic carbocycles. The van der Waals surface area contributed by atoms with Crippen LogP contribution in [0.5, 0.6) is 0 Å². The first-order valence-corrected chi connectivity index (χ1v) is 20.3. The molecule has 0 heterocycles. The smallest absolute Gasteiger partial charge is 0.244 e. The van der Waals surface area contributed by atoms with E-state index in [2.05, 4.69) is 89.7 Å². The second-order valence-electron chi connectivity index (χ2n) is 13.7. The Morgan fingerprint density at radius 1 is 0.745 bits per heavy atom. The number of hydrogen-bond donors (Lipinski definition) is 6. The largest absolute Gasteiger partial charge is 0.394 e. The molecule has 0 aromatic heterocycles. The fraction of sp³-hybridized carbons (Fsp3) is 0.615. The van der Waals surface area contributed by atoms with Gasteiger partial charge in [0.2, 0.25) is 17.7 Å². The molecule has 0 bridgehead atoms. The van der Waals surface area contributed by atoms with Crippen molar-refractivity contribution >= 4 is 39.3 Å². The van der Waals surface area contributed by atoms with Crippen molar-refractivity contribution in [1.82, 2.24) is 16.0 Å². The number of allylic oxidation sites excluding steroid dienone is 12. The van der Waals surface area contributed by atoms with Crippen molar-refractivity contribution in [2.24, 2.45) is 0 Å². The van der Waals surface area contributed by atoms with Crippen LogP contribution in [0.3, 0.4) is 0 Å². The number of amides is 3. The number of carbonyl (C=O) groups excluding carboxylic acids is 3. The first kappa shape index (κ1) is 48.4. The maximum atomic E-state index is 13.1. The number of aliphatic hydroxyl groups excluding tert-OH is 3. The lowest BCUT2D eigenvalue weighted by atomic mass is 10.0. The van der Waals surface area contributed by atoms with Crippen molar-refractivity contribution in [2.75, 3.05) is 53.2 Å².